The van der Waals surface area contributed by atoms with Gasteiger partial charge in [-0.15, -0.1) is 0 Å². The molecule has 0 amide bonds. The molecular formula is C17H23Br2F. The van der Waals surface area contributed by atoms with Gasteiger partial charge in [0.05, 0.1) is 4.47 Å². The highest BCUT2D eigenvalue weighted by Gasteiger charge is 2.37. The molecule has 0 saturated heterocycles. The molecule has 3 heteroatoms. The van der Waals surface area contributed by atoms with E-state index < -0.39 is 0 Å². The fourth-order valence-corrected chi connectivity index (χ4v) is 5.54. The van der Waals surface area contributed by atoms with Crippen LogP contribution in [0.3, 0.4) is 0 Å². The van der Waals surface area contributed by atoms with Gasteiger partial charge in [0.15, 0.2) is 0 Å². The van der Waals surface area contributed by atoms with Crippen molar-refractivity contribution < 1.29 is 4.39 Å². The van der Waals surface area contributed by atoms with E-state index in [4.69, 9.17) is 0 Å². The fourth-order valence-electron chi connectivity index (χ4n) is 3.50. The molecule has 2 rings (SSSR count). The lowest BCUT2D eigenvalue weighted by atomic mass is 9.66. The number of halogens is 3. The van der Waals surface area contributed by atoms with Gasteiger partial charge < -0.3 is 0 Å². The van der Waals surface area contributed by atoms with E-state index in [-0.39, 0.29) is 11.2 Å². The minimum absolute atomic E-state index is 0.184. The van der Waals surface area contributed by atoms with Crippen LogP contribution in [0.1, 0.15) is 45.6 Å². The molecular weight excluding hydrogens is 383 g/mol. The van der Waals surface area contributed by atoms with Crippen LogP contribution >= 0.6 is 31.9 Å². The molecule has 1 aliphatic carbocycles. The topological polar surface area (TPSA) is 0 Å². The van der Waals surface area contributed by atoms with Gasteiger partial charge in [-0.3, -0.25) is 0 Å². The summed E-state index contributed by atoms with van der Waals surface area (Å²) in [6, 6.07) is 5.40. The molecule has 1 aliphatic rings. The molecule has 0 nitrogen and oxygen atoms in total. The molecule has 0 aliphatic heterocycles. The number of alkyl halides is 1. The second-order valence-corrected chi connectivity index (χ2v) is 8.99. The Morgan fingerprint density at radius 3 is 2.60 bits per heavy atom. The molecule has 0 heterocycles. The molecule has 0 N–H and O–H groups in total. The Kier molecular flexibility index (Phi) is 5.34. The summed E-state index contributed by atoms with van der Waals surface area (Å²) in [6.07, 6.45) is 4.87. The van der Waals surface area contributed by atoms with Crippen molar-refractivity contribution >= 4 is 31.9 Å². The average molecular weight is 406 g/mol. The Hall–Kier alpha value is 0.110. The van der Waals surface area contributed by atoms with E-state index in [9.17, 15) is 4.39 Å². The molecule has 1 saturated carbocycles. The Morgan fingerprint density at radius 1 is 1.30 bits per heavy atom. The maximum atomic E-state index is 13.3. The second kappa shape index (κ2) is 6.48. The summed E-state index contributed by atoms with van der Waals surface area (Å²) in [5.74, 6) is 1.32. The van der Waals surface area contributed by atoms with E-state index in [0.29, 0.717) is 15.2 Å². The van der Waals surface area contributed by atoms with E-state index in [1.807, 2.05) is 12.1 Å². The van der Waals surface area contributed by atoms with Gasteiger partial charge in [0, 0.05) is 4.83 Å². The van der Waals surface area contributed by atoms with Gasteiger partial charge in [0.2, 0.25) is 0 Å². The first-order valence-electron chi connectivity index (χ1n) is 7.37. The average Bonchev–Trinajstić information content (AvgIpc) is 2.33. The lowest BCUT2D eigenvalue weighted by molar-refractivity contribution is 0.147. The highest BCUT2D eigenvalue weighted by atomic mass is 79.9. The van der Waals surface area contributed by atoms with Crippen LogP contribution in [0.15, 0.2) is 22.7 Å². The van der Waals surface area contributed by atoms with Crippen LogP contribution in [-0.4, -0.2) is 4.83 Å². The van der Waals surface area contributed by atoms with Crippen LogP contribution in [0.25, 0.3) is 0 Å². The molecule has 3 unspecified atom stereocenters. The van der Waals surface area contributed by atoms with Crippen molar-refractivity contribution in [2.45, 2.75) is 51.3 Å². The molecule has 1 aromatic carbocycles. The number of rotatable bonds is 3. The standard InChI is InChI=1S/C17H23Br2F/c1-11-4-6-13(14(18)8-11)17(2,3)10-12-5-7-16(20)15(19)9-12/h5,7,9,11,13-14H,4,6,8,10H2,1-3H3. The quantitative estimate of drug-likeness (QED) is 0.513. The van der Waals surface area contributed by atoms with Crippen molar-refractivity contribution in [1.82, 2.24) is 0 Å². The second-order valence-electron chi connectivity index (χ2n) is 6.95. The van der Waals surface area contributed by atoms with Gasteiger partial charge >= 0.3 is 0 Å². The van der Waals surface area contributed by atoms with Gasteiger partial charge in [-0.2, -0.15) is 0 Å². The smallest absolute Gasteiger partial charge is 0.137 e. The zero-order valence-corrected chi connectivity index (χ0v) is 15.6. The molecule has 0 spiro atoms. The van der Waals surface area contributed by atoms with E-state index in [1.54, 1.807) is 6.07 Å². The predicted octanol–water partition coefficient (Wildman–Crippen LogP) is 6.36. The summed E-state index contributed by atoms with van der Waals surface area (Å²) in [7, 11) is 0. The van der Waals surface area contributed by atoms with Crippen LogP contribution in [0, 0.1) is 23.1 Å². The van der Waals surface area contributed by atoms with Gasteiger partial charge in [-0.05, 0) is 70.1 Å². The maximum absolute atomic E-state index is 13.3. The summed E-state index contributed by atoms with van der Waals surface area (Å²) in [5.41, 5.74) is 1.44. The minimum atomic E-state index is -0.184. The summed E-state index contributed by atoms with van der Waals surface area (Å²) in [6.45, 7) is 7.03. The summed E-state index contributed by atoms with van der Waals surface area (Å²) in [5, 5.41) is 0. The highest BCUT2D eigenvalue weighted by molar-refractivity contribution is 9.10. The van der Waals surface area contributed by atoms with Crippen molar-refractivity contribution in [3.63, 3.8) is 0 Å². The molecule has 20 heavy (non-hydrogen) atoms. The van der Waals surface area contributed by atoms with Crippen LogP contribution in [0.5, 0.6) is 0 Å². The normalized spacial score (nSPS) is 27.6. The molecule has 112 valence electrons. The van der Waals surface area contributed by atoms with E-state index in [0.717, 1.165) is 12.3 Å². The summed E-state index contributed by atoms with van der Waals surface area (Å²) >= 11 is 7.19. The van der Waals surface area contributed by atoms with E-state index in [1.165, 1.54) is 24.8 Å². The van der Waals surface area contributed by atoms with Crippen molar-refractivity contribution in [2.75, 3.05) is 0 Å². The van der Waals surface area contributed by atoms with Crippen molar-refractivity contribution in [3.05, 3.63) is 34.1 Å². The predicted molar refractivity (Wildman–Crippen MR) is 90.8 cm³/mol. The minimum Gasteiger partial charge on any atom is -0.206 e. The zero-order chi connectivity index (χ0) is 14.9. The highest BCUT2D eigenvalue weighted by Crippen LogP contribution is 2.45. The number of hydrogen-bond donors (Lipinski definition) is 0. The molecule has 3 atom stereocenters. The monoisotopic (exact) mass is 404 g/mol. The van der Waals surface area contributed by atoms with Gasteiger partial charge in [-0.1, -0.05) is 49.2 Å². The van der Waals surface area contributed by atoms with Gasteiger partial charge in [0.1, 0.15) is 5.82 Å². The summed E-state index contributed by atoms with van der Waals surface area (Å²) in [4.78, 5) is 0.602. The Labute approximate surface area is 138 Å². The first-order valence-corrected chi connectivity index (χ1v) is 9.08. The van der Waals surface area contributed by atoms with Crippen molar-refractivity contribution in [1.29, 1.82) is 0 Å². The van der Waals surface area contributed by atoms with Crippen molar-refractivity contribution in [2.24, 2.45) is 17.3 Å². The number of hydrogen-bond acceptors (Lipinski definition) is 0. The molecule has 0 radical (unpaired) electrons. The Bertz CT molecular complexity index is 470. The van der Waals surface area contributed by atoms with Crippen LogP contribution in [0.4, 0.5) is 4.39 Å². The molecule has 0 bridgehead atoms. The lowest BCUT2D eigenvalue weighted by Crippen LogP contribution is -2.37. The first kappa shape index (κ1) is 16.5. The van der Waals surface area contributed by atoms with Gasteiger partial charge in [0.25, 0.3) is 0 Å². The Balaban J connectivity index is 2.11. The summed E-state index contributed by atoms with van der Waals surface area (Å²) < 4.78 is 13.9. The first-order chi connectivity index (χ1) is 9.29. The van der Waals surface area contributed by atoms with Crippen LogP contribution in [0.2, 0.25) is 0 Å². The van der Waals surface area contributed by atoms with Gasteiger partial charge in [-0.25, -0.2) is 4.39 Å². The molecule has 1 fully saturated rings. The fraction of sp³-hybridized carbons (Fsp3) is 0.647. The van der Waals surface area contributed by atoms with Crippen LogP contribution < -0.4 is 0 Å². The zero-order valence-electron chi connectivity index (χ0n) is 12.4. The SMILES string of the molecule is CC1CCC(C(C)(C)Cc2ccc(F)c(Br)c2)C(Br)C1. The molecule has 1 aromatic rings. The third-order valence-corrected chi connectivity index (χ3v) is 6.30. The van der Waals surface area contributed by atoms with Crippen molar-refractivity contribution in [3.8, 4) is 0 Å². The largest absolute Gasteiger partial charge is 0.206 e. The number of benzene rings is 1. The molecule has 0 aromatic heterocycles. The van der Waals surface area contributed by atoms with E-state index in [2.05, 4.69) is 52.6 Å². The van der Waals surface area contributed by atoms with Crippen LogP contribution in [-0.2, 0) is 6.42 Å². The third-order valence-electron chi connectivity index (χ3n) is 4.68. The lowest BCUT2D eigenvalue weighted by Gasteiger charge is -2.42. The third kappa shape index (κ3) is 3.85. The Morgan fingerprint density at radius 2 is 2.00 bits per heavy atom. The van der Waals surface area contributed by atoms with E-state index >= 15 is 0 Å². The maximum Gasteiger partial charge on any atom is 0.137 e.